The molecule has 0 bridgehead atoms. The van der Waals surface area contributed by atoms with Gasteiger partial charge in [0.1, 0.15) is 0 Å². The van der Waals surface area contributed by atoms with E-state index < -0.39 is 0 Å². The number of carbonyl (C=O) groups is 2. The quantitative estimate of drug-likeness (QED) is 0.762. The summed E-state index contributed by atoms with van der Waals surface area (Å²) in [5, 5.41) is 0. The maximum Gasteiger partial charge on any atom is 0.223 e. The summed E-state index contributed by atoms with van der Waals surface area (Å²) in [6.07, 6.45) is 9.45. The van der Waals surface area contributed by atoms with Crippen molar-refractivity contribution in [2.24, 2.45) is 0 Å². The molecule has 2 aliphatic carbocycles. The van der Waals surface area contributed by atoms with Crippen molar-refractivity contribution < 1.29 is 9.59 Å². The molecule has 0 N–H and O–H groups in total. The number of nitrogens with zero attached hydrogens (tertiary/aromatic N) is 2. The van der Waals surface area contributed by atoms with Gasteiger partial charge in [0.2, 0.25) is 5.91 Å². The van der Waals surface area contributed by atoms with Crippen LogP contribution in [0.4, 0.5) is 0 Å². The largest absolute Gasteiger partial charge is 0.340 e. The first kappa shape index (κ1) is 17.7. The molecule has 1 aliphatic heterocycles. The maximum atomic E-state index is 12.5. The Morgan fingerprint density at radius 1 is 0.885 bits per heavy atom. The van der Waals surface area contributed by atoms with Gasteiger partial charge in [-0.15, -0.1) is 0 Å². The van der Waals surface area contributed by atoms with Gasteiger partial charge in [-0.3, -0.25) is 14.5 Å². The number of amides is 1. The van der Waals surface area contributed by atoms with E-state index in [0.29, 0.717) is 12.8 Å². The zero-order valence-electron chi connectivity index (χ0n) is 15.7. The van der Waals surface area contributed by atoms with Gasteiger partial charge in [0.05, 0.1) is 0 Å². The van der Waals surface area contributed by atoms with Crippen LogP contribution in [0.2, 0.25) is 0 Å². The van der Waals surface area contributed by atoms with Crippen molar-refractivity contribution in [1.29, 1.82) is 0 Å². The molecule has 4 heteroatoms. The molecule has 1 saturated carbocycles. The molecule has 0 radical (unpaired) electrons. The Morgan fingerprint density at radius 3 is 2.38 bits per heavy atom. The van der Waals surface area contributed by atoms with Gasteiger partial charge >= 0.3 is 0 Å². The zero-order valence-corrected chi connectivity index (χ0v) is 15.7. The molecular formula is C22H30N2O2. The zero-order chi connectivity index (χ0) is 17.9. The lowest BCUT2D eigenvalue weighted by Crippen LogP contribution is -2.51. The highest BCUT2D eigenvalue weighted by Crippen LogP contribution is 2.25. The fourth-order valence-electron chi connectivity index (χ4n) is 4.87. The number of carbonyl (C=O) groups excluding carboxylic acids is 2. The van der Waals surface area contributed by atoms with Crippen LogP contribution in [0.1, 0.15) is 66.4 Å². The van der Waals surface area contributed by atoms with E-state index in [0.717, 1.165) is 50.6 Å². The monoisotopic (exact) mass is 354 g/mol. The van der Waals surface area contributed by atoms with Gasteiger partial charge < -0.3 is 4.90 Å². The van der Waals surface area contributed by atoms with Crippen molar-refractivity contribution in [3.8, 4) is 0 Å². The highest BCUT2D eigenvalue weighted by molar-refractivity contribution is 5.98. The van der Waals surface area contributed by atoms with E-state index in [9.17, 15) is 9.59 Å². The van der Waals surface area contributed by atoms with Crippen molar-refractivity contribution in [1.82, 2.24) is 9.80 Å². The van der Waals surface area contributed by atoms with Crippen LogP contribution in [0.5, 0.6) is 0 Å². The Balaban J connectivity index is 1.24. The average molecular weight is 354 g/mol. The summed E-state index contributed by atoms with van der Waals surface area (Å²) < 4.78 is 0. The molecule has 0 aromatic heterocycles. The standard InChI is InChI=1S/C22H30N2O2/c25-21(19-9-8-17-4-3-5-18(17)16-19)10-11-22(26)24-14-12-23(13-15-24)20-6-1-2-7-20/h8-9,16,20H,1-7,10-15H2. The summed E-state index contributed by atoms with van der Waals surface area (Å²) in [6.45, 7) is 3.63. The Kier molecular flexibility index (Phi) is 5.39. The van der Waals surface area contributed by atoms with Gasteiger partial charge in [-0.1, -0.05) is 25.0 Å². The molecule has 2 fully saturated rings. The SMILES string of the molecule is O=C(CCC(=O)N1CCN(C2CCCC2)CC1)c1ccc2c(c1)CCC2. The summed E-state index contributed by atoms with van der Waals surface area (Å²) in [5.74, 6) is 0.253. The predicted molar refractivity (Wildman–Crippen MR) is 102 cm³/mol. The van der Waals surface area contributed by atoms with Crippen molar-refractivity contribution in [3.63, 3.8) is 0 Å². The molecule has 1 aromatic rings. The summed E-state index contributed by atoms with van der Waals surface area (Å²) >= 11 is 0. The van der Waals surface area contributed by atoms with E-state index in [1.165, 1.54) is 43.2 Å². The number of aryl methyl sites for hydroxylation is 2. The third-order valence-corrected chi connectivity index (χ3v) is 6.49. The second-order valence-electron chi connectivity index (χ2n) is 8.12. The maximum absolute atomic E-state index is 12.5. The first-order chi connectivity index (χ1) is 12.7. The molecule has 1 aromatic carbocycles. The van der Waals surface area contributed by atoms with Crippen LogP contribution < -0.4 is 0 Å². The van der Waals surface area contributed by atoms with Crippen LogP contribution in [0, 0.1) is 0 Å². The Bertz CT molecular complexity index is 671. The molecule has 0 atom stereocenters. The lowest BCUT2D eigenvalue weighted by atomic mass is 10.0. The molecule has 1 saturated heterocycles. The molecule has 0 spiro atoms. The van der Waals surface area contributed by atoms with Crippen LogP contribution in [0.15, 0.2) is 18.2 Å². The van der Waals surface area contributed by atoms with Crippen LogP contribution in [-0.2, 0) is 17.6 Å². The number of ketones is 1. The first-order valence-electron chi connectivity index (χ1n) is 10.4. The number of rotatable bonds is 5. The molecule has 4 rings (SSSR count). The second kappa shape index (κ2) is 7.91. The third kappa shape index (κ3) is 3.85. The lowest BCUT2D eigenvalue weighted by molar-refractivity contribution is -0.133. The van der Waals surface area contributed by atoms with E-state index in [2.05, 4.69) is 17.0 Å². The minimum atomic E-state index is 0.109. The van der Waals surface area contributed by atoms with Gasteiger partial charge in [0, 0.05) is 50.6 Å². The number of benzene rings is 1. The highest BCUT2D eigenvalue weighted by Gasteiger charge is 2.28. The molecule has 4 nitrogen and oxygen atoms in total. The summed E-state index contributed by atoms with van der Waals surface area (Å²) in [6, 6.07) is 6.83. The van der Waals surface area contributed by atoms with E-state index in [1.807, 2.05) is 11.0 Å². The van der Waals surface area contributed by atoms with E-state index in [1.54, 1.807) is 0 Å². The molecule has 3 aliphatic rings. The Morgan fingerprint density at radius 2 is 1.62 bits per heavy atom. The number of hydrogen-bond acceptors (Lipinski definition) is 3. The normalized spacial score (nSPS) is 21.2. The van der Waals surface area contributed by atoms with Gasteiger partial charge in [-0.25, -0.2) is 0 Å². The summed E-state index contributed by atoms with van der Waals surface area (Å²) in [5.41, 5.74) is 3.49. The molecule has 26 heavy (non-hydrogen) atoms. The van der Waals surface area contributed by atoms with Crippen molar-refractivity contribution in [3.05, 3.63) is 34.9 Å². The van der Waals surface area contributed by atoms with Crippen LogP contribution in [-0.4, -0.2) is 53.7 Å². The number of hydrogen-bond donors (Lipinski definition) is 0. The summed E-state index contributed by atoms with van der Waals surface area (Å²) in [4.78, 5) is 29.5. The van der Waals surface area contributed by atoms with Gasteiger partial charge in [-0.05, 0) is 49.3 Å². The van der Waals surface area contributed by atoms with Crippen LogP contribution in [0.3, 0.4) is 0 Å². The number of piperazine rings is 1. The van der Waals surface area contributed by atoms with E-state index >= 15 is 0 Å². The van der Waals surface area contributed by atoms with E-state index in [4.69, 9.17) is 0 Å². The van der Waals surface area contributed by atoms with Crippen LogP contribution >= 0.6 is 0 Å². The second-order valence-corrected chi connectivity index (χ2v) is 8.12. The molecule has 1 amide bonds. The number of Topliss-reactive ketones (excluding diaryl/α,β-unsaturated/α-hetero) is 1. The Labute approximate surface area is 156 Å². The van der Waals surface area contributed by atoms with Crippen molar-refractivity contribution in [2.45, 2.75) is 63.8 Å². The lowest BCUT2D eigenvalue weighted by Gasteiger charge is -2.38. The highest BCUT2D eigenvalue weighted by atomic mass is 16.2. The molecule has 0 unspecified atom stereocenters. The summed E-state index contributed by atoms with van der Waals surface area (Å²) in [7, 11) is 0. The van der Waals surface area contributed by atoms with Gasteiger partial charge in [0.15, 0.2) is 5.78 Å². The van der Waals surface area contributed by atoms with Crippen molar-refractivity contribution in [2.75, 3.05) is 26.2 Å². The van der Waals surface area contributed by atoms with E-state index in [-0.39, 0.29) is 11.7 Å². The molecule has 140 valence electrons. The first-order valence-corrected chi connectivity index (χ1v) is 10.4. The fourth-order valence-corrected chi connectivity index (χ4v) is 4.87. The van der Waals surface area contributed by atoms with Gasteiger partial charge in [-0.2, -0.15) is 0 Å². The third-order valence-electron chi connectivity index (χ3n) is 6.49. The van der Waals surface area contributed by atoms with Gasteiger partial charge in [0.25, 0.3) is 0 Å². The minimum absolute atomic E-state index is 0.109. The number of fused-ring (bicyclic) bond motifs is 1. The minimum Gasteiger partial charge on any atom is -0.340 e. The fraction of sp³-hybridized carbons (Fsp3) is 0.636. The average Bonchev–Trinajstić information content (AvgIpc) is 3.37. The topological polar surface area (TPSA) is 40.6 Å². The molecule has 1 heterocycles. The van der Waals surface area contributed by atoms with Crippen LogP contribution in [0.25, 0.3) is 0 Å². The predicted octanol–water partition coefficient (Wildman–Crippen LogP) is 3.23. The van der Waals surface area contributed by atoms with Crippen molar-refractivity contribution >= 4 is 11.7 Å². The molecular weight excluding hydrogens is 324 g/mol. The smallest absolute Gasteiger partial charge is 0.223 e. The Hall–Kier alpha value is -1.68.